The van der Waals surface area contributed by atoms with E-state index in [1.807, 2.05) is 13.8 Å². The first kappa shape index (κ1) is 26.8. The molecule has 1 aliphatic heterocycles. The minimum Gasteiger partial charge on any atom is -0.491 e. The molecule has 3 atom stereocenters. The monoisotopic (exact) mass is 574 g/mol. The predicted molar refractivity (Wildman–Crippen MR) is 137 cm³/mol. The molecule has 0 aliphatic carbocycles. The van der Waals surface area contributed by atoms with Crippen LogP contribution in [-0.4, -0.2) is 56.3 Å². The molecule has 0 spiro atoms. The van der Waals surface area contributed by atoms with Gasteiger partial charge in [0.25, 0.3) is 5.91 Å². The Balaban J connectivity index is 1.59. The van der Waals surface area contributed by atoms with Crippen molar-refractivity contribution in [3.8, 4) is 17.0 Å². The van der Waals surface area contributed by atoms with Crippen molar-refractivity contribution in [2.75, 3.05) is 13.2 Å². The summed E-state index contributed by atoms with van der Waals surface area (Å²) in [6.45, 7) is 5.01. The van der Waals surface area contributed by atoms with E-state index in [-0.39, 0.29) is 12.5 Å². The molecule has 2 heterocycles. The minimum absolute atomic E-state index is 0.0759. The van der Waals surface area contributed by atoms with Crippen LogP contribution in [0.2, 0.25) is 0 Å². The van der Waals surface area contributed by atoms with Crippen molar-refractivity contribution in [3.63, 3.8) is 0 Å². The van der Waals surface area contributed by atoms with Gasteiger partial charge in [0.1, 0.15) is 42.2 Å². The Labute approximate surface area is 221 Å². The molecule has 37 heavy (non-hydrogen) atoms. The Hall–Kier alpha value is -3.28. The summed E-state index contributed by atoms with van der Waals surface area (Å²) in [5.41, 5.74) is 1.93. The summed E-state index contributed by atoms with van der Waals surface area (Å²) in [5, 5.41) is 21.1. The number of aromatic nitrogens is 2. The molecule has 0 saturated carbocycles. The molecule has 1 saturated heterocycles. The third kappa shape index (κ3) is 5.53. The summed E-state index contributed by atoms with van der Waals surface area (Å²) in [4.78, 5) is 35.4. The highest BCUT2D eigenvalue weighted by Gasteiger charge is 2.45. The number of hydrogen-bond acceptors (Lipinski definition) is 6. The largest absolute Gasteiger partial charge is 0.491 e. The number of H-pyrrole nitrogens is 1. The second kappa shape index (κ2) is 11.0. The number of aryl methyl sites for hydroxylation is 1. The highest BCUT2D eigenvalue weighted by atomic mass is 79.9. The second-order valence-corrected chi connectivity index (χ2v) is 10.1. The van der Waals surface area contributed by atoms with E-state index < -0.39 is 42.6 Å². The fraction of sp³-hybridized carbons (Fsp3) is 0.346. The number of halogens is 2. The molecule has 0 unspecified atom stereocenters. The third-order valence-electron chi connectivity index (χ3n) is 6.13. The number of imidazole rings is 1. The van der Waals surface area contributed by atoms with Crippen molar-refractivity contribution in [1.82, 2.24) is 20.2 Å². The van der Waals surface area contributed by atoms with Crippen molar-refractivity contribution in [1.29, 1.82) is 0 Å². The molecule has 0 bridgehead atoms. The number of urea groups is 1. The zero-order chi connectivity index (χ0) is 26.9. The first-order valence-electron chi connectivity index (χ1n) is 11.8. The number of nitrogens with one attached hydrogen (secondary N) is 2. The summed E-state index contributed by atoms with van der Waals surface area (Å²) in [6.07, 6.45) is -0.997. The molecular weight excluding hydrogens is 547 g/mol. The average molecular weight is 575 g/mol. The van der Waals surface area contributed by atoms with E-state index in [4.69, 9.17) is 9.84 Å². The molecule has 0 radical (unpaired) electrons. The van der Waals surface area contributed by atoms with E-state index in [1.165, 1.54) is 6.07 Å². The lowest BCUT2D eigenvalue weighted by molar-refractivity contribution is -0.130. The van der Waals surface area contributed by atoms with Crippen molar-refractivity contribution >= 4 is 27.9 Å². The van der Waals surface area contributed by atoms with Crippen molar-refractivity contribution < 1.29 is 28.9 Å². The Bertz CT molecular complexity index is 1300. The molecule has 1 aliphatic rings. The summed E-state index contributed by atoms with van der Waals surface area (Å²) < 4.78 is 20.7. The van der Waals surface area contributed by atoms with Gasteiger partial charge in [0, 0.05) is 10.0 Å². The molecule has 3 amide bonds. The van der Waals surface area contributed by atoms with Gasteiger partial charge in [0.15, 0.2) is 0 Å². The van der Waals surface area contributed by atoms with Gasteiger partial charge in [0.05, 0.1) is 18.0 Å². The van der Waals surface area contributed by atoms with Crippen molar-refractivity contribution in [2.24, 2.45) is 5.92 Å². The quantitative estimate of drug-likeness (QED) is 0.286. The lowest BCUT2D eigenvalue weighted by Gasteiger charge is -2.27. The highest BCUT2D eigenvalue weighted by Crippen LogP contribution is 2.36. The van der Waals surface area contributed by atoms with Crippen LogP contribution in [0, 0.1) is 18.7 Å². The standard InChI is InChI=1S/C26H28BrFN4O5/c1-13(2)23(24-29-14(3)21(30-24)19-9-6-16(27)10-20(19)28)32-25(35)22(31-26(32)36)15-4-7-18(8-5-15)37-12-17(34)11-33/h4-10,13,17,22-23,33-34H,11-12H2,1-3H3,(H,29,30)(H,31,36)/t17-,22+,23-/m0/s1. The number of imide groups is 1. The van der Waals surface area contributed by atoms with Gasteiger partial charge >= 0.3 is 6.03 Å². The van der Waals surface area contributed by atoms with E-state index in [2.05, 4.69) is 31.2 Å². The Morgan fingerprint density at radius 2 is 1.89 bits per heavy atom. The van der Waals surface area contributed by atoms with Crippen molar-refractivity contribution in [3.05, 3.63) is 69.8 Å². The molecular formula is C26H28BrFN4O5. The predicted octanol–water partition coefficient (Wildman–Crippen LogP) is 4.01. The number of amides is 3. The van der Waals surface area contributed by atoms with Crippen LogP contribution in [0.4, 0.5) is 9.18 Å². The molecule has 3 aromatic rings. The fourth-order valence-electron chi connectivity index (χ4n) is 4.30. The number of aromatic amines is 1. The lowest BCUT2D eigenvalue weighted by atomic mass is 10.0. The summed E-state index contributed by atoms with van der Waals surface area (Å²) in [6, 6.07) is 9.13. The van der Waals surface area contributed by atoms with E-state index in [0.29, 0.717) is 38.6 Å². The SMILES string of the molecule is Cc1nc([C@H](C(C)C)N2C(=O)N[C@H](c3ccc(OC[C@@H](O)CO)cc3)C2=O)[nH]c1-c1ccc(Br)cc1F. The molecule has 1 fully saturated rings. The van der Waals surface area contributed by atoms with Crippen LogP contribution in [0.3, 0.4) is 0 Å². The molecule has 9 nitrogen and oxygen atoms in total. The number of aliphatic hydroxyl groups excluding tert-OH is 2. The zero-order valence-corrected chi connectivity index (χ0v) is 22.1. The third-order valence-corrected chi connectivity index (χ3v) is 6.62. The van der Waals surface area contributed by atoms with Crippen LogP contribution in [0.25, 0.3) is 11.3 Å². The van der Waals surface area contributed by atoms with Gasteiger partial charge in [-0.3, -0.25) is 9.69 Å². The number of benzene rings is 2. The van der Waals surface area contributed by atoms with E-state index in [1.54, 1.807) is 43.3 Å². The van der Waals surface area contributed by atoms with Crippen molar-refractivity contribution in [2.45, 2.75) is 39.0 Å². The number of carbonyl (C=O) groups is 2. The zero-order valence-electron chi connectivity index (χ0n) is 20.5. The highest BCUT2D eigenvalue weighted by molar-refractivity contribution is 9.10. The molecule has 196 valence electrons. The molecule has 2 aromatic carbocycles. The van der Waals surface area contributed by atoms with E-state index in [0.717, 1.165) is 4.90 Å². The maximum Gasteiger partial charge on any atom is 0.325 e. The van der Waals surface area contributed by atoms with Crippen LogP contribution in [0.5, 0.6) is 5.75 Å². The number of ether oxygens (including phenoxy) is 1. The number of rotatable bonds is 9. The number of aliphatic hydroxyl groups is 2. The van der Waals surface area contributed by atoms with Crippen LogP contribution in [-0.2, 0) is 4.79 Å². The smallest absolute Gasteiger partial charge is 0.325 e. The first-order valence-corrected chi connectivity index (χ1v) is 12.6. The summed E-state index contributed by atoms with van der Waals surface area (Å²) >= 11 is 3.26. The molecule has 1 aromatic heterocycles. The Kier molecular flexibility index (Phi) is 7.96. The Morgan fingerprint density at radius 1 is 1.19 bits per heavy atom. The van der Waals surface area contributed by atoms with Crippen LogP contribution >= 0.6 is 15.9 Å². The lowest BCUT2D eigenvalue weighted by Crippen LogP contribution is -2.38. The molecule has 4 rings (SSSR count). The van der Waals surface area contributed by atoms with E-state index in [9.17, 15) is 19.1 Å². The van der Waals surface area contributed by atoms with Crippen LogP contribution in [0.15, 0.2) is 46.9 Å². The van der Waals surface area contributed by atoms with Gasteiger partial charge < -0.3 is 25.3 Å². The maximum absolute atomic E-state index is 14.6. The maximum atomic E-state index is 14.6. The normalized spacial score (nSPS) is 17.3. The minimum atomic E-state index is -0.997. The number of hydrogen-bond donors (Lipinski definition) is 4. The van der Waals surface area contributed by atoms with Gasteiger partial charge in [-0.2, -0.15) is 0 Å². The molecule has 4 N–H and O–H groups in total. The first-order chi connectivity index (χ1) is 17.6. The topological polar surface area (TPSA) is 128 Å². The molecule has 11 heteroatoms. The Morgan fingerprint density at radius 3 is 2.51 bits per heavy atom. The fourth-order valence-corrected chi connectivity index (χ4v) is 4.63. The van der Waals surface area contributed by atoms with Crippen LogP contribution < -0.4 is 10.1 Å². The van der Waals surface area contributed by atoms with Gasteiger partial charge in [0.2, 0.25) is 0 Å². The summed E-state index contributed by atoms with van der Waals surface area (Å²) in [5.74, 6) is -0.208. The average Bonchev–Trinajstić information content (AvgIpc) is 3.37. The second-order valence-electron chi connectivity index (χ2n) is 9.20. The van der Waals surface area contributed by atoms with Crippen LogP contribution in [0.1, 0.15) is 43.0 Å². The number of carbonyl (C=O) groups excluding carboxylic acids is 2. The van der Waals surface area contributed by atoms with Gasteiger partial charge in [-0.25, -0.2) is 14.2 Å². The van der Waals surface area contributed by atoms with Gasteiger partial charge in [-0.05, 0) is 48.7 Å². The number of nitrogens with zero attached hydrogens (tertiary/aromatic N) is 2. The van der Waals surface area contributed by atoms with E-state index >= 15 is 0 Å². The van der Waals surface area contributed by atoms with Gasteiger partial charge in [-0.1, -0.05) is 41.9 Å². The summed E-state index contributed by atoms with van der Waals surface area (Å²) in [7, 11) is 0. The van der Waals surface area contributed by atoms with Gasteiger partial charge in [-0.15, -0.1) is 0 Å².